The first-order valence-electron chi connectivity index (χ1n) is 8.99. The SMILES string of the molecule is O=C(c1cc2cc(Cl)ccc2o1)N1CCN(S(=O)(=O)c2cccc([N+](=O)[O-])c2)CC1. The van der Waals surface area contributed by atoms with E-state index in [-0.39, 0.29) is 48.4 Å². The molecule has 30 heavy (non-hydrogen) atoms. The van der Waals surface area contributed by atoms with Gasteiger partial charge < -0.3 is 9.32 Å². The Kier molecular flexibility index (Phi) is 5.22. The van der Waals surface area contributed by atoms with Crippen molar-refractivity contribution < 1.29 is 22.6 Å². The van der Waals surface area contributed by atoms with E-state index in [1.54, 1.807) is 24.3 Å². The Hall–Kier alpha value is -2.95. The molecule has 4 rings (SSSR count). The Morgan fingerprint density at radius 3 is 2.50 bits per heavy atom. The number of amides is 1. The van der Waals surface area contributed by atoms with Gasteiger partial charge in [-0.1, -0.05) is 17.7 Å². The predicted molar refractivity (Wildman–Crippen MR) is 109 cm³/mol. The van der Waals surface area contributed by atoms with Gasteiger partial charge >= 0.3 is 0 Å². The summed E-state index contributed by atoms with van der Waals surface area (Å²) in [6, 6.07) is 11.6. The number of sulfonamides is 1. The fourth-order valence-electron chi connectivity index (χ4n) is 3.31. The standard InChI is InChI=1S/C19H16ClN3O6S/c20-14-4-5-17-13(10-14)11-18(29-17)19(24)21-6-8-22(9-7-21)30(27,28)16-3-1-2-15(12-16)23(25)26/h1-5,10-12H,6-9H2. The number of piperazine rings is 1. The molecule has 2 aromatic carbocycles. The molecule has 156 valence electrons. The van der Waals surface area contributed by atoms with Gasteiger partial charge in [0.15, 0.2) is 5.76 Å². The van der Waals surface area contributed by atoms with Gasteiger partial charge in [-0.05, 0) is 30.3 Å². The van der Waals surface area contributed by atoms with Crippen LogP contribution in [-0.2, 0) is 10.0 Å². The summed E-state index contributed by atoms with van der Waals surface area (Å²) < 4.78 is 32.5. The molecule has 1 aliphatic rings. The summed E-state index contributed by atoms with van der Waals surface area (Å²) in [5, 5.41) is 12.2. The number of hydrogen-bond acceptors (Lipinski definition) is 6. The van der Waals surface area contributed by atoms with Gasteiger partial charge in [-0.15, -0.1) is 0 Å². The number of halogens is 1. The van der Waals surface area contributed by atoms with Crippen LogP contribution >= 0.6 is 11.6 Å². The van der Waals surface area contributed by atoms with Crippen molar-refractivity contribution in [2.45, 2.75) is 4.90 Å². The molecule has 0 saturated carbocycles. The topological polar surface area (TPSA) is 114 Å². The van der Waals surface area contributed by atoms with Gasteiger partial charge in [0.2, 0.25) is 10.0 Å². The zero-order valence-electron chi connectivity index (χ0n) is 15.5. The second-order valence-electron chi connectivity index (χ2n) is 6.74. The number of nitrogens with zero attached hydrogens (tertiary/aromatic N) is 3. The second kappa shape index (κ2) is 7.71. The van der Waals surface area contributed by atoms with E-state index in [4.69, 9.17) is 16.0 Å². The average molecular weight is 450 g/mol. The zero-order valence-corrected chi connectivity index (χ0v) is 17.1. The van der Waals surface area contributed by atoms with Crippen LogP contribution in [0.5, 0.6) is 0 Å². The van der Waals surface area contributed by atoms with Gasteiger partial charge in [0.05, 0.1) is 9.82 Å². The van der Waals surface area contributed by atoms with Crippen LogP contribution in [0.25, 0.3) is 11.0 Å². The van der Waals surface area contributed by atoms with Gasteiger partial charge in [0, 0.05) is 48.7 Å². The van der Waals surface area contributed by atoms with Crippen molar-refractivity contribution in [3.05, 3.63) is 69.4 Å². The Labute approximate surface area is 176 Å². The number of carbonyl (C=O) groups excluding carboxylic acids is 1. The summed E-state index contributed by atoms with van der Waals surface area (Å²) in [4.78, 5) is 24.4. The quantitative estimate of drug-likeness (QED) is 0.446. The third-order valence-corrected chi connectivity index (χ3v) is 7.01. The molecule has 1 aromatic heterocycles. The Morgan fingerprint density at radius 1 is 1.07 bits per heavy atom. The lowest BCUT2D eigenvalue weighted by molar-refractivity contribution is -0.385. The predicted octanol–water partition coefficient (Wildman–Crippen LogP) is 3.14. The molecule has 1 amide bonds. The maximum absolute atomic E-state index is 12.8. The van der Waals surface area contributed by atoms with Crippen molar-refractivity contribution in [2.75, 3.05) is 26.2 Å². The molecule has 0 atom stereocenters. The third-order valence-electron chi connectivity index (χ3n) is 4.88. The van der Waals surface area contributed by atoms with Crippen molar-refractivity contribution in [3.63, 3.8) is 0 Å². The summed E-state index contributed by atoms with van der Waals surface area (Å²) in [5.74, 6) is -0.183. The van der Waals surface area contributed by atoms with Crippen molar-refractivity contribution >= 4 is 44.2 Å². The molecule has 0 bridgehead atoms. The molecule has 0 radical (unpaired) electrons. The molecule has 0 aliphatic carbocycles. The Bertz CT molecular complexity index is 1250. The van der Waals surface area contributed by atoms with Crippen LogP contribution in [0.2, 0.25) is 5.02 Å². The molecule has 1 saturated heterocycles. The lowest BCUT2D eigenvalue weighted by Gasteiger charge is -2.33. The number of benzene rings is 2. The summed E-state index contributed by atoms with van der Waals surface area (Å²) >= 11 is 5.96. The largest absolute Gasteiger partial charge is 0.451 e. The van der Waals surface area contributed by atoms with Crippen molar-refractivity contribution in [3.8, 4) is 0 Å². The number of furan rings is 1. The van der Waals surface area contributed by atoms with E-state index in [1.807, 2.05) is 0 Å². The molecule has 0 N–H and O–H groups in total. The summed E-state index contributed by atoms with van der Waals surface area (Å²) in [6.45, 7) is 0.487. The van der Waals surface area contributed by atoms with E-state index in [2.05, 4.69) is 0 Å². The molecule has 11 heteroatoms. The molecule has 1 aliphatic heterocycles. The smallest absolute Gasteiger partial charge is 0.289 e. The van der Waals surface area contributed by atoms with E-state index in [0.29, 0.717) is 16.0 Å². The van der Waals surface area contributed by atoms with Crippen LogP contribution < -0.4 is 0 Å². The molecule has 9 nitrogen and oxygen atoms in total. The highest BCUT2D eigenvalue weighted by Crippen LogP contribution is 2.25. The number of hydrogen-bond donors (Lipinski definition) is 0. The minimum atomic E-state index is -3.90. The number of fused-ring (bicyclic) bond motifs is 1. The van der Waals surface area contributed by atoms with Crippen molar-refractivity contribution in [1.82, 2.24) is 9.21 Å². The fraction of sp³-hybridized carbons (Fsp3) is 0.211. The first-order chi connectivity index (χ1) is 14.3. The average Bonchev–Trinajstić information content (AvgIpc) is 3.16. The van der Waals surface area contributed by atoms with Gasteiger partial charge in [-0.2, -0.15) is 4.31 Å². The maximum Gasteiger partial charge on any atom is 0.289 e. The summed E-state index contributed by atoms with van der Waals surface area (Å²) in [6.07, 6.45) is 0. The molecular formula is C19H16ClN3O6S. The first kappa shape index (κ1) is 20.3. The monoisotopic (exact) mass is 449 g/mol. The van der Waals surface area contributed by atoms with Gasteiger partial charge in [0.1, 0.15) is 5.58 Å². The lowest BCUT2D eigenvalue weighted by Crippen LogP contribution is -2.50. The highest BCUT2D eigenvalue weighted by molar-refractivity contribution is 7.89. The van der Waals surface area contributed by atoms with Crippen molar-refractivity contribution in [2.24, 2.45) is 0 Å². The minimum absolute atomic E-state index is 0.0722. The Morgan fingerprint density at radius 2 is 1.80 bits per heavy atom. The molecule has 3 aromatic rings. The lowest BCUT2D eigenvalue weighted by atomic mass is 10.2. The highest BCUT2D eigenvalue weighted by atomic mass is 35.5. The van der Waals surface area contributed by atoms with Crippen LogP contribution in [0, 0.1) is 10.1 Å². The summed E-state index contributed by atoms with van der Waals surface area (Å²) in [5.41, 5.74) is 0.240. The molecule has 2 heterocycles. The molecule has 0 unspecified atom stereocenters. The zero-order chi connectivity index (χ0) is 21.5. The van der Waals surface area contributed by atoms with Gasteiger partial charge in [-0.3, -0.25) is 14.9 Å². The minimum Gasteiger partial charge on any atom is -0.451 e. The van der Waals surface area contributed by atoms with Gasteiger partial charge in [0.25, 0.3) is 11.6 Å². The number of nitro groups is 1. The fourth-order valence-corrected chi connectivity index (χ4v) is 4.96. The van der Waals surface area contributed by atoms with E-state index in [1.165, 1.54) is 27.4 Å². The highest BCUT2D eigenvalue weighted by Gasteiger charge is 2.32. The van der Waals surface area contributed by atoms with E-state index in [0.717, 1.165) is 6.07 Å². The molecule has 0 spiro atoms. The number of non-ortho nitro benzene ring substituents is 1. The van der Waals surface area contributed by atoms with Crippen LogP contribution in [0.3, 0.4) is 0 Å². The van der Waals surface area contributed by atoms with Crippen LogP contribution in [-0.4, -0.2) is 54.6 Å². The van der Waals surface area contributed by atoms with E-state index < -0.39 is 14.9 Å². The van der Waals surface area contributed by atoms with Crippen LogP contribution in [0.1, 0.15) is 10.6 Å². The van der Waals surface area contributed by atoms with Crippen LogP contribution in [0.15, 0.2) is 57.8 Å². The van der Waals surface area contributed by atoms with Gasteiger partial charge in [-0.25, -0.2) is 8.42 Å². The third kappa shape index (κ3) is 3.76. The van der Waals surface area contributed by atoms with E-state index in [9.17, 15) is 23.3 Å². The van der Waals surface area contributed by atoms with Crippen LogP contribution in [0.4, 0.5) is 5.69 Å². The first-order valence-corrected chi connectivity index (χ1v) is 10.8. The molecular weight excluding hydrogens is 434 g/mol. The number of carbonyl (C=O) groups is 1. The van der Waals surface area contributed by atoms with Crippen molar-refractivity contribution in [1.29, 1.82) is 0 Å². The maximum atomic E-state index is 12.8. The Balaban J connectivity index is 1.48. The second-order valence-corrected chi connectivity index (χ2v) is 9.12. The number of rotatable bonds is 4. The number of nitro benzene ring substituents is 1. The van der Waals surface area contributed by atoms with E-state index >= 15 is 0 Å². The summed E-state index contributed by atoms with van der Waals surface area (Å²) in [7, 11) is -3.90. The molecule has 1 fully saturated rings. The normalized spacial score (nSPS) is 15.4.